The van der Waals surface area contributed by atoms with E-state index in [0.29, 0.717) is 0 Å². The zero-order chi connectivity index (χ0) is 19.4. The van der Waals surface area contributed by atoms with Crippen LogP contribution in [0.25, 0.3) is 0 Å². The molecule has 1 saturated heterocycles. The third kappa shape index (κ3) is 4.18. The van der Waals surface area contributed by atoms with Crippen LogP contribution in [0.3, 0.4) is 0 Å². The molecule has 1 aromatic heterocycles. The number of hydrogen-bond donors (Lipinski definition) is 1. The van der Waals surface area contributed by atoms with Crippen LogP contribution < -0.4 is 15.0 Å². The molecule has 2 aromatic rings. The first-order valence-electron chi connectivity index (χ1n) is 9.37. The highest BCUT2D eigenvalue weighted by atomic mass is 16.5. The number of aryl methyl sites for hydroxylation is 2. The van der Waals surface area contributed by atoms with E-state index in [4.69, 9.17) is 4.74 Å². The summed E-state index contributed by atoms with van der Waals surface area (Å²) in [5.41, 5.74) is 4.75. The maximum Gasteiger partial charge on any atom is 0.194 e. The SMILES string of the molecule is CN=C(NCc1c(C)nn(C)c1C)N1CCN(c2ccc(OC)cc2)CC1. The van der Waals surface area contributed by atoms with Gasteiger partial charge in [0.2, 0.25) is 0 Å². The first-order chi connectivity index (χ1) is 13.0. The fourth-order valence-corrected chi connectivity index (χ4v) is 3.54. The summed E-state index contributed by atoms with van der Waals surface area (Å²) in [7, 11) is 5.53. The lowest BCUT2D eigenvalue weighted by Crippen LogP contribution is -2.52. The van der Waals surface area contributed by atoms with Crippen molar-refractivity contribution >= 4 is 11.6 Å². The largest absolute Gasteiger partial charge is 0.497 e. The Kier molecular flexibility index (Phi) is 5.88. The Morgan fingerprint density at radius 2 is 1.81 bits per heavy atom. The van der Waals surface area contributed by atoms with E-state index in [9.17, 15) is 0 Å². The van der Waals surface area contributed by atoms with Gasteiger partial charge >= 0.3 is 0 Å². The van der Waals surface area contributed by atoms with Crippen molar-refractivity contribution in [1.82, 2.24) is 20.0 Å². The van der Waals surface area contributed by atoms with Crippen LogP contribution in [0.1, 0.15) is 17.0 Å². The number of rotatable bonds is 4. The molecule has 1 aliphatic rings. The highest BCUT2D eigenvalue weighted by Gasteiger charge is 2.20. The van der Waals surface area contributed by atoms with Crippen molar-refractivity contribution in [2.45, 2.75) is 20.4 Å². The number of hydrogen-bond acceptors (Lipinski definition) is 4. The second-order valence-electron chi connectivity index (χ2n) is 6.85. The van der Waals surface area contributed by atoms with Gasteiger partial charge in [0.25, 0.3) is 0 Å². The average molecular weight is 371 g/mol. The maximum atomic E-state index is 5.24. The molecule has 0 amide bonds. The van der Waals surface area contributed by atoms with Gasteiger partial charge in [0.05, 0.1) is 12.8 Å². The standard InChI is InChI=1S/C20H30N6O/c1-15-19(16(2)24(4)23-15)14-22-20(21-3)26-12-10-25(11-13-26)17-6-8-18(27-5)9-7-17/h6-9H,10-14H2,1-5H3,(H,21,22). The van der Waals surface area contributed by atoms with Gasteiger partial charge in [-0.15, -0.1) is 0 Å². The molecule has 146 valence electrons. The quantitative estimate of drug-likeness (QED) is 0.658. The van der Waals surface area contributed by atoms with E-state index >= 15 is 0 Å². The van der Waals surface area contributed by atoms with Gasteiger partial charge < -0.3 is 19.9 Å². The number of guanidine groups is 1. The average Bonchev–Trinajstić information content (AvgIpc) is 2.95. The molecule has 0 aliphatic carbocycles. The minimum absolute atomic E-state index is 0.747. The zero-order valence-electron chi connectivity index (χ0n) is 17.0. The summed E-state index contributed by atoms with van der Waals surface area (Å²) >= 11 is 0. The van der Waals surface area contributed by atoms with Gasteiger partial charge in [0, 0.05) is 63.8 Å². The molecular weight excluding hydrogens is 340 g/mol. The lowest BCUT2D eigenvalue weighted by molar-refractivity contribution is 0.372. The van der Waals surface area contributed by atoms with Crippen LogP contribution in [0.5, 0.6) is 5.75 Å². The number of piperazine rings is 1. The Bertz CT molecular complexity index is 788. The number of nitrogens with zero attached hydrogens (tertiary/aromatic N) is 5. The summed E-state index contributed by atoms with van der Waals surface area (Å²) in [6.07, 6.45) is 0. The van der Waals surface area contributed by atoms with E-state index in [1.165, 1.54) is 16.9 Å². The molecule has 0 bridgehead atoms. The zero-order valence-corrected chi connectivity index (χ0v) is 17.0. The molecule has 0 atom stereocenters. The van der Waals surface area contributed by atoms with Gasteiger partial charge in [-0.3, -0.25) is 9.67 Å². The van der Waals surface area contributed by atoms with Crippen LogP contribution in [0, 0.1) is 13.8 Å². The summed E-state index contributed by atoms with van der Waals surface area (Å²) in [5, 5.41) is 8.00. The van der Waals surface area contributed by atoms with Crippen molar-refractivity contribution < 1.29 is 4.74 Å². The second-order valence-corrected chi connectivity index (χ2v) is 6.85. The van der Waals surface area contributed by atoms with Crippen LogP contribution in [0.4, 0.5) is 5.69 Å². The maximum absolute atomic E-state index is 5.24. The summed E-state index contributed by atoms with van der Waals surface area (Å²) in [6, 6.07) is 8.27. The number of benzene rings is 1. The van der Waals surface area contributed by atoms with Gasteiger partial charge in [-0.05, 0) is 38.1 Å². The van der Waals surface area contributed by atoms with Crippen molar-refractivity contribution in [3.05, 3.63) is 41.2 Å². The molecule has 27 heavy (non-hydrogen) atoms. The molecule has 1 aliphatic heterocycles. The molecule has 0 radical (unpaired) electrons. The Balaban J connectivity index is 1.57. The van der Waals surface area contributed by atoms with E-state index in [1.807, 2.05) is 30.9 Å². The fraction of sp³-hybridized carbons (Fsp3) is 0.500. The van der Waals surface area contributed by atoms with E-state index in [-0.39, 0.29) is 0 Å². The summed E-state index contributed by atoms with van der Waals surface area (Å²) < 4.78 is 7.18. The Labute approximate surface area is 161 Å². The first-order valence-corrected chi connectivity index (χ1v) is 9.37. The molecule has 0 unspecified atom stereocenters. The third-order valence-corrected chi connectivity index (χ3v) is 5.31. The summed E-state index contributed by atoms with van der Waals surface area (Å²) in [6.45, 7) is 8.73. The fourth-order valence-electron chi connectivity index (χ4n) is 3.54. The molecule has 1 N–H and O–H groups in total. The predicted molar refractivity (Wildman–Crippen MR) is 110 cm³/mol. The molecule has 1 fully saturated rings. The van der Waals surface area contributed by atoms with Crippen molar-refractivity contribution in [3.8, 4) is 5.75 Å². The monoisotopic (exact) mass is 370 g/mol. The molecule has 0 saturated carbocycles. The minimum atomic E-state index is 0.747. The number of aromatic nitrogens is 2. The van der Waals surface area contributed by atoms with Gasteiger partial charge in [0.1, 0.15) is 5.75 Å². The minimum Gasteiger partial charge on any atom is -0.497 e. The Morgan fingerprint density at radius 1 is 1.15 bits per heavy atom. The van der Waals surface area contributed by atoms with Crippen LogP contribution in [-0.2, 0) is 13.6 Å². The van der Waals surface area contributed by atoms with E-state index in [0.717, 1.165) is 50.1 Å². The first kappa shape index (κ1) is 19.1. The van der Waals surface area contributed by atoms with Crippen molar-refractivity contribution in [1.29, 1.82) is 0 Å². The number of nitrogens with one attached hydrogen (secondary N) is 1. The number of ether oxygens (including phenoxy) is 1. The summed E-state index contributed by atoms with van der Waals surface area (Å²) in [4.78, 5) is 9.20. The number of anilines is 1. The van der Waals surface area contributed by atoms with Gasteiger partial charge in [-0.25, -0.2) is 0 Å². The van der Waals surface area contributed by atoms with E-state index < -0.39 is 0 Å². The van der Waals surface area contributed by atoms with E-state index in [1.54, 1.807) is 7.11 Å². The van der Waals surface area contributed by atoms with Crippen LogP contribution >= 0.6 is 0 Å². The predicted octanol–water partition coefficient (Wildman–Crippen LogP) is 1.94. The molecule has 1 aromatic carbocycles. The van der Waals surface area contributed by atoms with Gasteiger partial charge in [-0.1, -0.05) is 0 Å². The smallest absolute Gasteiger partial charge is 0.194 e. The molecule has 7 heteroatoms. The lowest BCUT2D eigenvalue weighted by atomic mass is 10.2. The molecule has 2 heterocycles. The normalized spacial score (nSPS) is 15.2. The summed E-state index contributed by atoms with van der Waals surface area (Å²) in [5.74, 6) is 1.84. The van der Waals surface area contributed by atoms with Crippen LogP contribution in [0.15, 0.2) is 29.3 Å². The highest BCUT2D eigenvalue weighted by molar-refractivity contribution is 5.80. The molecule has 7 nitrogen and oxygen atoms in total. The highest BCUT2D eigenvalue weighted by Crippen LogP contribution is 2.20. The van der Waals surface area contributed by atoms with Crippen LogP contribution in [0.2, 0.25) is 0 Å². The Hall–Kier alpha value is -2.70. The second kappa shape index (κ2) is 8.33. The number of aliphatic imine (C=N–C) groups is 1. The number of methoxy groups -OCH3 is 1. The topological polar surface area (TPSA) is 57.9 Å². The third-order valence-electron chi connectivity index (χ3n) is 5.31. The molecule has 0 spiro atoms. The van der Waals surface area contributed by atoms with Crippen molar-refractivity contribution in [3.63, 3.8) is 0 Å². The van der Waals surface area contributed by atoms with Crippen LogP contribution in [-0.4, -0.2) is 61.0 Å². The van der Waals surface area contributed by atoms with Crippen molar-refractivity contribution in [2.24, 2.45) is 12.0 Å². The Morgan fingerprint density at radius 3 is 2.33 bits per heavy atom. The lowest BCUT2D eigenvalue weighted by Gasteiger charge is -2.37. The van der Waals surface area contributed by atoms with E-state index in [2.05, 4.69) is 51.2 Å². The van der Waals surface area contributed by atoms with Gasteiger partial charge in [0.15, 0.2) is 5.96 Å². The molecule has 3 rings (SSSR count). The van der Waals surface area contributed by atoms with Gasteiger partial charge in [-0.2, -0.15) is 5.10 Å². The molecular formula is C20H30N6O. The van der Waals surface area contributed by atoms with Crippen molar-refractivity contribution in [2.75, 3.05) is 45.2 Å².